The summed E-state index contributed by atoms with van der Waals surface area (Å²) in [4.78, 5) is 28.9. The van der Waals surface area contributed by atoms with Gasteiger partial charge in [0.1, 0.15) is 0 Å². The molecular formula is C14H15Cl2N3O4. The van der Waals surface area contributed by atoms with Gasteiger partial charge in [-0.2, -0.15) is 0 Å². The van der Waals surface area contributed by atoms with Crippen molar-refractivity contribution in [1.82, 2.24) is 4.90 Å². The van der Waals surface area contributed by atoms with Gasteiger partial charge in [0.15, 0.2) is 0 Å². The van der Waals surface area contributed by atoms with Crippen LogP contribution in [0.4, 0.5) is 5.69 Å². The Hall–Kier alpha value is -1.67. The number of aliphatic imine (C=N–C) groups is 1. The number of hydrogen-bond donors (Lipinski definition) is 2. The molecule has 124 valence electrons. The summed E-state index contributed by atoms with van der Waals surface area (Å²) in [5.74, 6) is -1.85. The van der Waals surface area contributed by atoms with E-state index in [0.717, 1.165) is 0 Å². The van der Waals surface area contributed by atoms with E-state index in [2.05, 4.69) is 10.3 Å². The highest BCUT2D eigenvalue weighted by Gasteiger charge is 2.23. The Morgan fingerprint density at radius 1 is 1.30 bits per heavy atom. The van der Waals surface area contributed by atoms with E-state index in [-0.39, 0.29) is 5.02 Å². The number of carbonyl (C=O) groups excluding carboxylic acids is 2. The fourth-order valence-corrected chi connectivity index (χ4v) is 2.10. The number of nitrogens with zero attached hydrogens (tertiary/aromatic N) is 2. The summed E-state index contributed by atoms with van der Waals surface area (Å²) in [5, 5.41) is 12.7. The first-order chi connectivity index (χ1) is 11.0. The molecule has 1 atom stereocenters. The quantitative estimate of drug-likeness (QED) is 0.478. The van der Waals surface area contributed by atoms with Gasteiger partial charge in [0.05, 0.1) is 29.6 Å². The normalized spacial score (nSPS) is 16.4. The van der Waals surface area contributed by atoms with E-state index in [1.807, 2.05) is 0 Å². The topological polar surface area (TPSA) is 91.2 Å². The predicted molar refractivity (Wildman–Crippen MR) is 87.0 cm³/mol. The summed E-state index contributed by atoms with van der Waals surface area (Å²) in [7, 11) is 0. The molecule has 1 saturated heterocycles. The van der Waals surface area contributed by atoms with Gasteiger partial charge in [-0.15, -0.1) is 0 Å². The Bertz CT molecular complexity index is 618. The van der Waals surface area contributed by atoms with Gasteiger partial charge in [-0.3, -0.25) is 9.59 Å². The van der Waals surface area contributed by atoms with Gasteiger partial charge in [0.25, 0.3) is 11.8 Å². The van der Waals surface area contributed by atoms with Gasteiger partial charge in [0, 0.05) is 18.8 Å². The second kappa shape index (κ2) is 8.26. The summed E-state index contributed by atoms with van der Waals surface area (Å²) in [6.45, 7) is 2.28. The smallest absolute Gasteiger partial charge is 0.285 e. The Morgan fingerprint density at radius 3 is 2.65 bits per heavy atom. The molecule has 9 heteroatoms. The van der Waals surface area contributed by atoms with Crippen LogP contribution >= 0.6 is 23.2 Å². The SMILES string of the molecule is O=C(N=CN1CCOCC1)C(O)C(=O)Nc1ccc(Cl)c(Cl)c1. The molecule has 0 spiro atoms. The minimum atomic E-state index is -1.90. The van der Waals surface area contributed by atoms with Crippen molar-refractivity contribution >= 4 is 47.0 Å². The van der Waals surface area contributed by atoms with Gasteiger partial charge in [-0.05, 0) is 18.2 Å². The molecule has 1 aliphatic rings. The molecule has 0 saturated carbocycles. The van der Waals surface area contributed by atoms with E-state index in [0.29, 0.717) is 37.0 Å². The minimum Gasteiger partial charge on any atom is -0.378 e. The summed E-state index contributed by atoms with van der Waals surface area (Å²) >= 11 is 11.6. The molecule has 2 rings (SSSR count). The maximum absolute atomic E-state index is 11.8. The molecule has 2 N–H and O–H groups in total. The van der Waals surface area contributed by atoms with Gasteiger partial charge in [0.2, 0.25) is 6.10 Å². The van der Waals surface area contributed by atoms with Crippen molar-refractivity contribution in [2.75, 3.05) is 31.6 Å². The van der Waals surface area contributed by atoms with Crippen LogP contribution in [0.3, 0.4) is 0 Å². The molecule has 23 heavy (non-hydrogen) atoms. The zero-order chi connectivity index (χ0) is 16.8. The Labute approximate surface area is 142 Å². The van der Waals surface area contributed by atoms with Crippen LogP contribution in [-0.2, 0) is 14.3 Å². The predicted octanol–water partition coefficient (Wildman–Crippen LogP) is 1.18. The lowest BCUT2D eigenvalue weighted by atomic mass is 10.2. The molecule has 1 heterocycles. The van der Waals surface area contributed by atoms with E-state index in [4.69, 9.17) is 27.9 Å². The van der Waals surface area contributed by atoms with Crippen molar-refractivity contribution in [2.24, 2.45) is 4.99 Å². The number of amides is 2. The Balaban J connectivity index is 1.91. The third-order valence-corrected chi connectivity index (χ3v) is 3.80. The lowest BCUT2D eigenvalue weighted by Crippen LogP contribution is -2.37. The third kappa shape index (κ3) is 5.18. The number of morpholine rings is 1. The van der Waals surface area contributed by atoms with Crippen molar-refractivity contribution in [3.8, 4) is 0 Å². The molecule has 1 unspecified atom stereocenters. The molecule has 7 nitrogen and oxygen atoms in total. The number of benzene rings is 1. The molecule has 0 bridgehead atoms. The fourth-order valence-electron chi connectivity index (χ4n) is 1.80. The molecule has 0 aromatic heterocycles. The molecule has 0 radical (unpaired) electrons. The van der Waals surface area contributed by atoms with Crippen LogP contribution in [0.25, 0.3) is 0 Å². The summed E-state index contributed by atoms with van der Waals surface area (Å²) in [6.07, 6.45) is -0.595. The maximum atomic E-state index is 11.8. The van der Waals surface area contributed by atoms with Crippen LogP contribution in [0, 0.1) is 0 Å². The Kier molecular flexibility index (Phi) is 6.35. The number of aliphatic hydroxyl groups excluding tert-OH is 1. The van der Waals surface area contributed by atoms with E-state index in [1.165, 1.54) is 24.5 Å². The average molecular weight is 360 g/mol. The zero-order valence-electron chi connectivity index (χ0n) is 12.0. The lowest BCUT2D eigenvalue weighted by Gasteiger charge is -2.24. The largest absolute Gasteiger partial charge is 0.378 e. The summed E-state index contributed by atoms with van der Waals surface area (Å²) in [5.41, 5.74) is 0.313. The minimum absolute atomic E-state index is 0.246. The average Bonchev–Trinajstić information content (AvgIpc) is 2.56. The molecule has 0 aliphatic carbocycles. The van der Waals surface area contributed by atoms with Gasteiger partial charge >= 0.3 is 0 Å². The zero-order valence-corrected chi connectivity index (χ0v) is 13.5. The van der Waals surface area contributed by atoms with Crippen molar-refractivity contribution in [1.29, 1.82) is 0 Å². The molecule has 1 aliphatic heterocycles. The van der Waals surface area contributed by atoms with E-state index in [9.17, 15) is 14.7 Å². The number of nitrogens with one attached hydrogen (secondary N) is 1. The summed E-state index contributed by atoms with van der Waals surface area (Å²) < 4.78 is 5.15. The molecule has 1 fully saturated rings. The van der Waals surface area contributed by atoms with Crippen LogP contribution in [-0.4, -0.2) is 60.6 Å². The van der Waals surface area contributed by atoms with E-state index < -0.39 is 17.9 Å². The highest BCUT2D eigenvalue weighted by molar-refractivity contribution is 6.42. The molecular weight excluding hydrogens is 345 g/mol. The van der Waals surface area contributed by atoms with Gasteiger partial charge in [-0.25, -0.2) is 4.99 Å². The van der Waals surface area contributed by atoms with Gasteiger partial charge in [-0.1, -0.05) is 23.2 Å². The van der Waals surface area contributed by atoms with Crippen molar-refractivity contribution < 1.29 is 19.4 Å². The molecule has 2 amide bonds. The molecule has 1 aromatic rings. The summed E-state index contributed by atoms with van der Waals surface area (Å²) in [6, 6.07) is 4.40. The van der Waals surface area contributed by atoms with Gasteiger partial charge < -0.3 is 20.1 Å². The highest BCUT2D eigenvalue weighted by Crippen LogP contribution is 2.25. The van der Waals surface area contributed by atoms with E-state index in [1.54, 1.807) is 4.90 Å². The standard InChI is InChI=1S/C14H15Cl2N3O4/c15-10-2-1-9(7-11(10)16)18-14(22)12(20)13(21)17-8-19-3-5-23-6-4-19/h1-2,7-8,12,20H,3-6H2,(H,18,22). The lowest BCUT2D eigenvalue weighted by molar-refractivity contribution is -0.135. The first-order valence-corrected chi connectivity index (χ1v) is 7.57. The monoisotopic (exact) mass is 359 g/mol. The number of halogens is 2. The van der Waals surface area contributed by atoms with Crippen LogP contribution in [0.1, 0.15) is 0 Å². The fraction of sp³-hybridized carbons (Fsp3) is 0.357. The number of rotatable bonds is 4. The number of ether oxygens (including phenoxy) is 1. The highest BCUT2D eigenvalue weighted by atomic mass is 35.5. The maximum Gasteiger partial charge on any atom is 0.285 e. The second-order valence-electron chi connectivity index (χ2n) is 4.75. The number of aliphatic hydroxyl groups is 1. The van der Waals surface area contributed by atoms with Crippen molar-refractivity contribution in [3.05, 3.63) is 28.2 Å². The van der Waals surface area contributed by atoms with E-state index >= 15 is 0 Å². The number of carbonyl (C=O) groups is 2. The number of anilines is 1. The van der Waals surface area contributed by atoms with Crippen LogP contribution < -0.4 is 5.32 Å². The first-order valence-electron chi connectivity index (χ1n) is 6.81. The van der Waals surface area contributed by atoms with Crippen molar-refractivity contribution in [3.63, 3.8) is 0 Å². The second-order valence-corrected chi connectivity index (χ2v) is 5.57. The van der Waals surface area contributed by atoms with Crippen LogP contribution in [0.5, 0.6) is 0 Å². The number of hydrogen-bond acceptors (Lipinski definition) is 4. The van der Waals surface area contributed by atoms with Crippen LogP contribution in [0.2, 0.25) is 10.0 Å². The molecule has 1 aromatic carbocycles. The Morgan fingerprint density at radius 2 is 2.00 bits per heavy atom. The van der Waals surface area contributed by atoms with Crippen molar-refractivity contribution in [2.45, 2.75) is 6.10 Å². The third-order valence-electron chi connectivity index (χ3n) is 3.06. The van der Waals surface area contributed by atoms with Crippen LogP contribution in [0.15, 0.2) is 23.2 Å². The first kappa shape index (κ1) is 17.7.